The number of nitrogens with zero attached hydrogens (tertiary/aromatic N) is 1. The Morgan fingerprint density at radius 2 is 1.73 bits per heavy atom. The number of carbonyl (C=O) groups excluding carboxylic acids is 1. The molecule has 3 aromatic carbocycles. The Kier molecular flexibility index (Phi) is 6.99. The molecule has 0 amide bonds. The zero-order valence-corrected chi connectivity index (χ0v) is 20.7. The average Bonchev–Trinajstić information content (AvgIpc) is 3.59. The summed E-state index contributed by atoms with van der Waals surface area (Å²) in [5, 5.41) is 8.58. The Morgan fingerprint density at radius 1 is 0.892 bits per heavy atom. The van der Waals surface area contributed by atoms with Crippen LogP contribution in [0.2, 0.25) is 0 Å². The molecule has 0 bridgehead atoms. The maximum Gasteiger partial charge on any atom is 0.160 e. The van der Waals surface area contributed by atoms with E-state index in [-0.39, 0.29) is 5.78 Å². The molecule has 0 saturated carbocycles. The smallest absolute Gasteiger partial charge is 0.160 e. The third-order valence-electron chi connectivity index (χ3n) is 6.05. The quantitative estimate of drug-likeness (QED) is 0.218. The lowest BCUT2D eigenvalue weighted by Crippen LogP contribution is -2.00. The molecule has 5 rings (SSSR count). The number of ketones is 1. The standard InChI is InChI=1S/C31H27N3O3/c1-21(35)30-19-29(37-20-23-5-12-28(36-2)13-6-23)14-9-24(30)8-11-27-18-26(33-34-27)10-4-22-3-7-25-15-16-32-31(25)17-22/h3-19,32H,20H2,1-2H3,(H,33,34)/b10-4+,11-8+. The number of fused-ring (bicyclic) bond motifs is 1. The van der Waals surface area contributed by atoms with Crippen LogP contribution in [-0.4, -0.2) is 28.1 Å². The largest absolute Gasteiger partial charge is 0.497 e. The molecule has 184 valence electrons. The molecule has 0 spiro atoms. The van der Waals surface area contributed by atoms with Crippen LogP contribution in [0.4, 0.5) is 0 Å². The molecule has 2 heterocycles. The van der Waals surface area contributed by atoms with E-state index in [0.29, 0.717) is 17.9 Å². The van der Waals surface area contributed by atoms with E-state index >= 15 is 0 Å². The fourth-order valence-electron chi connectivity index (χ4n) is 4.02. The first-order valence-corrected chi connectivity index (χ1v) is 12.0. The van der Waals surface area contributed by atoms with E-state index < -0.39 is 0 Å². The fourth-order valence-corrected chi connectivity index (χ4v) is 4.02. The molecule has 5 aromatic rings. The van der Waals surface area contributed by atoms with Crippen LogP contribution >= 0.6 is 0 Å². The molecule has 37 heavy (non-hydrogen) atoms. The normalized spacial score (nSPS) is 11.5. The number of aromatic amines is 2. The number of nitrogens with one attached hydrogen (secondary N) is 2. The van der Waals surface area contributed by atoms with Crippen LogP contribution in [0.1, 0.15) is 45.4 Å². The molecule has 2 N–H and O–H groups in total. The zero-order chi connectivity index (χ0) is 25.6. The summed E-state index contributed by atoms with van der Waals surface area (Å²) in [6, 6.07) is 23.5. The van der Waals surface area contributed by atoms with Crippen LogP contribution < -0.4 is 9.47 Å². The fraction of sp³-hybridized carbons (Fsp3) is 0.0968. The van der Waals surface area contributed by atoms with Gasteiger partial charge in [-0.3, -0.25) is 9.89 Å². The number of carbonyl (C=O) groups is 1. The summed E-state index contributed by atoms with van der Waals surface area (Å²) < 4.78 is 11.1. The minimum atomic E-state index is -0.0261. The van der Waals surface area contributed by atoms with Gasteiger partial charge in [-0.25, -0.2) is 0 Å². The topological polar surface area (TPSA) is 80.0 Å². The monoisotopic (exact) mass is 489 g/mol. The van der Waals surface area contributed by atoms with Crippen molar-refractivity contribution >= 4 is 41.0 Å². The SMILES string of the molecule is COc1ccc(COc2ccc(/C=C/c3cc(/C=C/c4ccc5cc[nH]c5c4)n[nH]3)c(C(C)=O)c2)cc1. The number of rotatable bonds is 9. The summed E-state index contributed by atoms with van der Waals surface area (Å²) in [6.07, 6.45) is 9.75. The van der Waals surface area contributed by atoms with E-state index in [4.69, 9.17) is 9.47 Å². The first kappa shape index (κ1) is 23.9. The van der Waals surface area contributed by atoms with Gasteiger partial charge in [0.15, 0.2) is 5.78 Å². The number of hydrogen-bond donors (Lipinski definition) is 2. The van der Waals surface area contributed by atoms with Gasteiger partial charge in [0.25, 0.3) is 0 Å². The Morgan fingerprint density at radius 3 is 2.54 bits per heavy atom. The second-order valence-electron chi connectivity index (χ2n) is 8.68. The molecular formula is C31H27N3O3. The number of hydrogen-bond acceptors (Lipinski definition) is 4. The molecule has 6 nitrogen and oxygen atoms in total. The van der Waals surface area contributed by atoms with Crippen molar-refractivity contribution in [1.82, 2.24) is 15.2 Å². The molecule has 0 radical (unpaired) electrons. The number of aromatic nitrogens is 3. The Labute approximate surface area is 215 Å². The Hall–Kier alpha value is -4.84. The lowest BCUT2D eigenvalue weighted by molar-refractivity contribution is 0.101. The Bertz CT molecular complexity index is 1590. The third-order valence-corrected chi connectivity index (χ3v) is 6.05. The van der Waals surface area contributed by atoms with E-state index in [1.54, 1.807) is 20.1 Å². The molecule has 0 unspecified atom stereocenters. The van der Waals surface area contributed by atoms with E-state index in [1.165, 1.54) is 5.39 Å². The molecule has 0 aliphatic heterocycles. The average molecular weight is 490 g/mol. The van der Waals surface area contributed by atoms with Crippen molar-refractivity contribution < 1.29 is 14.3 Å². The van der Waals surface area contributed by atoms with Gasteiger partial charge < -0.3 is 14.5 Å². The van der Waals surface area contributed by atoms with Crippen molar-refractivity contribution in [3.63, 3.8) is 0 Å². The van der Waals surface area contributed by atoms with Crippen LogP contribution in [0.5, 0.6) is 11.5 Å². The van der Waals surface area contributed by atoms with Gasteiger partial charge in [0.05, 0.1) is 18.5 Å². The maximum absolute atomic E-state index is 12.3. The van der Waals surface area contributed by atoms with Crippen LogP contribution in [0.15, 0.2) is 79.0 Å². The summed E-state index contributed by atoms with van der Waals surface area (Å²) in [7, 11) is 1.64. The number of methoxy groups -OCH3 is 1. The summed E-state index contributed by atoms with van der Waals surface area (Å²) >= 11 is 0. The molecule has 0 aliphatic carbocycles. The van der Waals surface area contributed by atoms with Crippen molar-refractivity contribution in [3.8, 4) is 11.5 Å². The predicted octanol–water partition coefficient (Wildman–Crippen LogP) is 7.02. The van der Waals surface area contributed by atoms with Crippen molar-refractivity contribution in [2.45, 2.75) is 13.5 Å². The zero-order valence-electron chi connectivity index (χ0n) is 20.7. The molecule has 0 saturated heterocycles. The number of H-pyrrole nitrogens is 2. The van der Waals surface area contributed by atoms with Gasteiger partial charge in [0.1, 0.15) is 18.1 Å². The summed E-state index contributed by atoms with van der Waals surface area (Å²) in [6.45, 7) is 1.96. The highest BCUT2D eigenvalue weighted by Gasteiger charge is 2.08. The predicted molar refractivity (Wildman–Crippen MR) is 149 cm³/mol. The van der Waals surface area contributed by atoms with Crippen molar-refractivity contribution in [1.29, 1.82) is 0 Å². The first-order chi connectivity index (χ1) is 18.1. The maximum atomic E-state index is 12.3. The van der Waals surface area contributed by atoms with E-state index in [9.17, 15) is 4.79 Å². The highest BCUT2D eigenvalue weighted by molar-refractivity contribution is 5.99. The van der Waals surface area contributed by atoms with Gasteiger partial charge in [-0.05, 0) is 83.6 Å². The molecule has 0 aliphatic rings. The van der Waals surface area contributed by atoms with Crippen molar-refractivity contribution in [3.05, 3.63) is 113 Å². The van der Waals surface area contributed by atoms with Gasteiger partial charge in [-0.1, -0.05) is 42.5 Å². The van der Waals surface area contributed by atoms with Gasteiger partial charge in [0.2, 0.25) is 0 Å². The molecule has 2 aromatic heterocycles. The number of Topliss-reactive ketones (excluding diaryl/α,β-unsaturated/α-hetero) is 1. The van der Waals surface area contributed by atoms with Gasteiger partial charge in [-0.2, -0.15) is 5.10 Å². The van der Waals surface area contributed by atoms with Crippen LogP contribution in [0.3, 0.4) is 0 Å². The highest BCUT2D eigenvalue weighted by atomic mass is 16.5. The molecule has 0 atom stereocenters. The van der Waals surface area contributed by atoms with Crippen LogP contribution in [-0.2, 0) is 6.61 Å². The van der Waals surface area contributed by atoms with E-state index in [2.05, 4.69) is 39.4 Å². The lowest BCUT2D eigenvalue weighted by Gasteiger charge is -2.10. The van der Waals surface area contributed by atoms with E-state index in [0.717, 1.165) is 39.3 Å². The number of benzene rings is 3. The molecule has 6 heteroatoms. The molecular weight excluding hydrogens is 462 g/mol. The number of ether oxygens (including phenoxy) is 2. The van der Waals surface area contributed by atoms with Gasteiger partial charge >= 0.3 is 0 Å². The third kappa shape index (κ3) is 5.87. The van der Waals surface area contributed by atoms with Crippen LogP contribution in [0, 0.1) is 0 Å². The second-order valence-corrected chi connectivity index (χ2v) is 8.68. The van der Waals surface area contributed by atoms with E-state index in [1.807, 2.05) is 73.0 Å². The van der Waals surface area contributed by atoms with Crippen LogP contribution in [0.25, 0.3) is 35.2 Å². The summed E-state index contributed by atoms with van der Waals surface area (Å²) in [4.78, 5) is 15.6. The minimum absolute atomic E-state index is 0.0261. The summed E-state index contributed by atoms with van der Waals surface area (Å²) in [5.41, 5.74) is 6.29. The molecule has 0 fully saturated rings. The van der Waals surface area contributed by atoms with Crippen molar-refractivity contribution in [2.75, 3.05) is 7.11 Å². The highest BCUT2D eigenvalue weighted by Crippen LogP contribution is 2.23. The summed E-state index contributed by atoms with van der Waals surface area (Å²) in [5.74, 6) is 1.42. The lowest BCUT2D eigenvalue weighted by atomic mass is 10.0. The van der Waals surface area contributed by atoms with Gasteiger partial charge in [-0.15, -0.1) is 0 Å². The van der Waals surface area contributed by atoms with Crippen molar-refractivity contribution in [2.24, 2.45) is 0 Å². The second kappa shape index (κ2) is 10.8. The minimum Gasteiger partial charge on any atom is -0.497 e. The Balaban J connectivity index is 1.25. The van der Waals surface area contributed by atoms with Gasteiger partial charge in [0, 0.05) is 17.3 Å². The first-order valence-electron chi connectivity index (χ1n) is 12.0.